The van der Waals surface area contributed by atoms with Gasteiger partial charge in [0, 0.05) is 19.6 Å². The number of hydrogen-bond acceptors (Lipinski definition) is 3. The first-order valence-electron chi connectivity index (χ1n) is 6.21. The second-order valence-electron chi connectivity index (χ2n) is 5.79. The van der Waals surface area contributed by atoms with Gasteiger partial charge in [0.15, 0.2) is 0 Å². The van der Waals surface area contributed by atoms with Crippen LogP contribution in [-0.2, 0) is 4.79 Å². The highest BCUT2D eigenvalue weighted by atomic mass is 16.4. The van der Waals surface area contributed by atoms with Crippen molar-refractivity contribution in [2.24, 2.45) is 17.1 Å². The van der Waals surface area contributed by atoms with Gasteiger partial charge in [0.25, 0.3) is 0 Å². The van der Waals surface area contributed by atoms with Crippen LogP contribution in [0, 0.1) is 11.3 Å². The maximum Gasteiger partial charge on any atom is 0.320 e. The normalized spacial score (nSPS) is 30.2. The Hall–Kier alpha value is -0.610. The van der Waals surface area contributed by atoms with E-state index < -0.39 is 12.0 Å². The van der Waals surface area contributed by atoms with Gasteiger partial charge >= 0.3 is 5.97 Å². The molecule has 0 aromatic rings. The summed E-state index contributed by atoms with van der Waals surface area (Å²) in [6.45, 7) is 5.48. The van der Waals surface area contributed by atoms with Gasteiger partial charge < -0.3 is 15.7 Å². The van der Waals surface area contributed by atoms with Crippen LogP contribution in [0.15, 0.2) is 0 Å². The molecule has 0 amide bonds. The van der Waals surface area contributed by atoms with Crippen LogP contribution in [0.5, 0.6) is 0 Å². The number of aliphatic carboxylic acids is 1. The van der Waals surface area contributed by atoms with E-state index in [0.29, 0.717) is 11.8 Å². The first-order valence-corrected chi connectivity index (χ1v) is 6.21. The van der Waals surface area contributed by atoms with Crippen molar-refractivity contribution in [1.82, 2.24) is 4.90 Å². The van der Waals surface area contributed by atoms with Gasteiger partial charge in [-0.2, -0.15) is 0 Å². The molecule has 2 rings (SSSR count). The zero-order chi connectivity index (χ0) is 11.8. The Morgan fingerprint density at radius 3 is 2.81 bits per heavy atom. The number of carboxylic acids is 1. The minimum Gasteiger partial charge on any atom is -0.480 e. The molecule has 1 aliphatic heterocycles. The number of rotatable bonds is 4. The first-order chi connectivity index (χ1) is 7.51. The number of hydrogen-bond donors (Lipinski definition) is 2. The smallest absolute Gasteiger partial charge is 0.320 e. The summed E-state index contributed by atoms with van der Waals surface area (Å²) in [6.07, 6.45) is 4.65. The van der Waals surface area contributed by atoms with Crippen molar-refractivity contribution in [3.05, 3.63) is 0 Å². The summed E-state index contributed by atoms with van der Waals surface area (Å²) >= 11 is 0. The SMILES string of the molecule is CC1CCC2(C1)CN(CCC(N)C(=O)O)C2. The number of nitrogens with zero attached hydrogens (tertiary/aromatic N) is 1. The van der Waals surface area contributed by atoms with Crippen molar-refractivity contribution in [2.75, 3.05) is 19.6 Å². The van der Waals surface area contributed by atoms with Crippen molar-refractivity contribution in [3.63, 3.8) is 0 Å². The Morgan fingerprint density at radius 2 is 2.31 bits per heavy atom. The van der Waals surface area contributed by atoms with Gasteiger partial charge in [-0.1, -0.05) is 13.3 Å². The third-order valence-electron chi connectivity index (χ3n) is 4.14. The highest BCUT2D eigenvalue weighted by Crippen LogP contribution is 2.47. The van der Waals surface area contributed by atoms with Crippen LogP contribution in [0.3, 0.4) is 0 Å². The van der Waals surface area contributed by atoms with Crippen molar-refractivity contribution in [2.45, 2.75) is 38.6 Å². The molecule has 1 heterocycles. The van der Waals surface area contributed by atoms with E-state index in [2.05, 4.69) is 11.8 Å². The van der Waals surface area contributed by atoms with E-state index in [1.54, 1.807) is 0 Å². The Balaban J connectivity index is 1.67. The molecule has 2 unspecified atom stereocenters. The Bertz CT molecular complexity index is 274. The van der Waals surface area contributed by atoms with Crippen LogP contribution in [0.2, 0.25) is 0 Å². The molecule has 0 aromatic heterocycles. The standard InChI is InChI=1S/C12H22N2O2/c1-9-2-4-12(6-9)7-14(8-12)5-3-10(13)11(15)16/h9-10H,2-8,13H2,1H3,(H,15,16). The quantitative estimate of drug-likeness (QED) is 0.747. The molecule has 2 fully saturated rings. The topological polar surface area (TPSA) is 66.6 Å². The first kappa shape index (κ1) is 11.9. The van der Waals surface area contributed by atoms with Gasteiger partial charge in [-0.15, -0.1) is 0 Å². The zero-order valence-corrected chi connectivity index (χ0v) is 9.98. The third kappa shape index (κ3) is 2.38. The highest BCUT2D eigenvalue weighted by Gasteiger charge is 2.46. The van der Waals surface area contributed by atoms with Crippen LogP contribution in [0.4, 0.5) is 0 Å². The summed E-state index contributed by atoms with van der Waals surface area (Å²) in [7, 11) is 0. The Kier molecular flexibility index (Phi) is 3.22. The van der Waals surface area contributed by atoms with E-state index in [1.807, 2.05) is 0 Å². The second-order valence-corrected chi connectivity index (χ2v) is 5.79. The molecule has 0 radical (unpaired) electrons. The van der Waals surface area contributed by atoms with E-state index in [4.69, 9.17) is 10.8 Å². The minimum absolute atomic E-state index is 0.570. The molecule has 1 saturated carbocycles. The van der Waals surface area contributed by atoms with E-state index in [1.165, 1.54) is 19.3 Å². The van der Waals surface area contributed by atoms with Gasteiger partial charge in [0.1, 0.15) is 6.04 Å². The highest BCUT2D eigenvalue weighted by molar-refractivity contribution is 5.72. The van der Waals surface area contributed by atoms with E-state index in [-0.39, 0.29) is 0 Å². The van der Waals surface area contributed by atoms with Crippen LogP contribution < -0.4 is 5.73 Å². The number of carbonyl (C=O) groups is 1. The van der Waals surface area contributed by atoms with E-state index >= 15 is 0 Å². The molecule has 2 aliphatic rings. The predicted octanol–water partition coefficient (Wildman–Crippen LogP) is 0.910. The summed E-state index contributed by atoms with van der Waals surface area (Å²) in [6, 6.07) is -0.695. The predicted molar refractivity (Wildman–Crippen MR) is 62.1 cm³/mol. The lowest BCUT2D eigenvalue weighted by atomic mass is 9.77. The molecule has 0 aromatic carbocycles. The summed E-state index contributed by atoms with van der Waals surface area (Å²) in [5.41, 5.74) is 6.06. The summed E-state index contributed by atoms with van der Waals surface area (Å²) in [5.74, 6) is -0.00634. The van der Waals surface area contributed by atoms with Crippen molar-refractivity contribution < 1.29 is 9.90 Å². The molecular weight excluding hydrogens is 204 g/mol. The van der Waals surface area contributed by atoms with Crippen LogP contribution in [-0.4, -0.2) is 41.7 Å². The maximum atomic E-state index is 10.6. The molecular formula is C12H22N2O2. The molecule has 1 saturated heterocycles. The molecule has 92 valence electrons. The number of nitrogens with two attached hydrogens (primary N) is 1. The lowest BCUT2D eigenvalue weighted by Gasteiger charge is -2.49. The van der Waals surface area contributed by atoms with E-state index in [9.17, 15) is 4.79 Å². The molecule has 4 heteroatoms. The number of likely N-dealkylation sites (tertiary alicyclic amines) is 1. The molecule has 16 heavy (non-hydrogen) atoms. The third-order valence-corrected chi connectivity index (χ3v) is 4.14. The Labute approximate surface area is 96.8 Å². The monoisotopic (exact) mass is 226 g/mol. The lowest BCUT2D eigenvalue weighted by molar-refractivity contribution is -0.138. The minimum atomic E-state index is -0.885. The lowest BCUT2D eigenvalue weighted by Crippen LogP contribution is -2.55. The summed E-state index contributed by atoms with van der Waals surface area (Å²) in [4.78, 5) is 12.9. The van der Waals surface area contributed by atoms with Gasteiger partial charge in [-0.05, 0) is 30.6 Å². The largest absolute Gasteiger partial charge is 0.480 e. The molecule has 1 spiro atoms. The average molecular weight is 226 g/mol. The van der Waals surface area contributed by atoms with Gasteiger partial charge in [-0.3, -0.25) is 4.79 Å². The summed E-state index contributed by atoms with van der Waals surface area (Å²) < 4.78 is 0. The molecule has 1 aliphatic carbocycles. The molecule has 4 nitrogen and oxygen atoms in total. The van der Waals surface area contributed by atoms with Crippen LogP contribution in [0.1, 0.15) is 32.6 Å². The van der Waals surface area contributed by atoms with Crippen LogP contribution >= 0.6 is 0 Å². The van der Waals surface area contributed by atoms with Crippen molar-refractivity contribution in [3.8, 4) is 0 Å². The van der Waals surface area contributed by atoms with Crippen molar-refractivity contribution >= 4 is 5.97 Å². The maximum absolute atomic E-state index is 10.6. The fourth-order valence-corrected chi connectivity index (χ4v) is 3.29. The Morgan fingerprint density at radius 1 is 1.62 bits per heavy atom. The second kappa shape index (κ2) is 4.34. The van der Waals surface area contributed by atoms with Gasteiger partial charge in [-0.25, -0.2) is 0 Å². The molecule has 3 N–H and O–H groups in total. The molecule has 2 atom stereocenters. The average Bonchev–Trinajstić information content (AvgIpc) is 2.55. The van der Waals surface area contributed by atoms with E-state index in [0.717, 1.165) is 25.6 Å². The fourth-order valence-electron chi connectivity index (χ4n) is 3.29. The molecule has 0 bridgehead atoms. The van der Waals surface area contributed by atoms with Gasteiger partial charge in [0.05, 0.1) is 0 Å². The zero-order valence-electron chi connectivity index (χ0n) is 9.98. The van der Waals surface area contributed by atoms with Crippen LogP contribution in [0.25, 0.3) is 0 Å². The number of carboxylic acid groups (broad SMARTS) is 1. The van der Waals surface area contributed by atoms with Gasteiger partial charge in [0.2, 0.25) is 0 Å². The summed E-state index contributed by atoms with van der Waals surface area (Å²) in [5, 5.41) is 8.68. The fraction of sp³-hybridized carbons (Fsp3) is 0.917. The van der Waals surface area contributed by atoms with Crippen molar-refractivity contribution in [1.29, 1.82) is 0 Å².